The van der Waals surface area contributed by atoms with Crippen LogP contribution < -0.4 is 15.8 Å². The van der Waals surface area contributed by atoms with Gasteiger partial charge in [0.2, 0.25) is 0 Å². The highest BCUT2D eigenvalue weighted by atomic mass is 16.5. The van der Waals surface area contributed by atoms with Crippen LogP contribution in [0.3, 0.4) is 0 Å². The smallest absolute Gasteiger partial charge is 0.316 e. The predicted molar refractivity (Wildman–Crippen MR) is 61.5 cm³/mol. The van der Waals surface area contributed by atoms with Crippen LogP contribution in [0.15, 0.2) is 30.5 Å². The van der Waals surface area contributed by atoms with E-state index < -0.39 is 6.03 Å². The number of carbonyl (C=O) groups excluding carboxylic acids is 1. The van der Waals surface area contributed by atoms with Gasteiger partial charge < -0.3 is 15.8 Å². The lowest BCUT2D eigenvalue weighted by Crippen LogP contribution is -2.19. The molecule has 0 atom stereocenters. The minimum absolute atomic E-state index is 0.544. The molecule has 0 spiro atoms. The Morgan fingerprint density at radius 2 is 2.31 bits per heavy atom. The number of urea groups is 1. The molecule has 0 saturated carbocycles. The number of aromatic nitrogens is 1. The third kappa shape index (κ3) is 1.88. The summed E-state index contributed by atoms with van der Waals surface area (Å²) in [6.45, 7) is 0. The molecule has 1 aromatic carbocycles. The lowest BCUT2D eigenvalue weighted by atomic mass is 10.2. The summed E-state index contributed by atoms with van der Waals surface area (Å²) >= 11 is 0. The van der Waals surface area contributed by atoms with E-state index in [0.29, 0.717) is 17.0 Å². The zero-order chi connectivity index (χ0) is 11.5. The van der Waals surface area contributed by atoms with Crippen molar-refractivity contribution in [1.82, 2.24) is 4.98 Å². The van der Waals surface area contributed by atoms with Gasteiger partial charge in [0.05, 0.1) is 18.3 Å². The summed E-state index contributed by atoms with van der Waals surface area (Å²) in [5.74, 6) is 0.643. The number of anilines is 1. The van der Waals surface area contributed by atoms with E-state index in [1.165, 1.54) is 0 Å². The van der Waals surface area contributed by atoms with Crippen LogP contribution in [-0.4, -0.2) is 18.1 Å². The number of benzene rings is 1. The highest BCUT2D eigenvalue weighted by Crippen LogP contribution is 2.27. The van der Waals surface area contributed by atoms with E-state index in [4.69, 9.17) is 10.5 Å². The molecule has 0 unspecified atom stereocenters. The Morgan fingerprint density at radius 1 is 1.50 bits per heavy atom. The lowest BCUT2D eigenvalue weighted by Gasteiger charge is -2.08. The minimum atomic E-state index is -0.625. The van der Waals surface area contributed by atoms with E-state index >= 15 is 0 Å². The Kier molecular flexibility index (Phi) is 2.59. The number of amides is 2. The summed E-state index contributed by atoms with van der Waals surface area (Å²) in [6.07, 6.45) is 1.65. The molecule has 3 N–H and O–H groups in total. The number of hydrogen-bond donors (Lipinski definition) is 2. The Morgan fingerprint density at radius 3 is 3.00 bits per heavy atom. The van der Waals surface area contributed by atoms with Gasteiger partial charge in [-0.3, -0.25) is 4.98 Å². The number of nitrogens with one attached hydrogen (secondary N) is 1. The van der Waals surface area contributed by atoms with E-state index in [1.54, 1.807) is 19.4 Å². The first-order valence-corrected chi connectivity index (χ1v) is 4.70. The van der Waals surface area contributed by atoms with Crippen molar-refractivity contribution in [2.24, 2.45) is 5.73 Å². The van der Waals surface area contributed by atoms with Gasteiger partial charge in [-0.25, -0.2) is 4.79 Å². The van der Waals surface area contributed by atoms with Gasteiger partial charge in [-0.15, -0.1) is 0 Å². The average Bonchev–Trinajstić information content (AvgIpc) is 2.28. The fourth-order valence-corrected chi connectivity index (χ4v) is 1.51. The third-order valence-corrected chi connectivity index (χ3v) is 2.17. The maximum absolute atomic E-state index is 10.9. The zero-order valence-corrected chi connectivity index (χ0v) is 8.73. The second-order valence-corrected chi connectivity index (χ2v) is 3.24. The first-order chi connectivity index (χ1) is 7.70. The number of carbonyl (C=O) groups is 1. The third-order valence-electron chi connectivity index (χ3n) is 2.17. The van der Waals surface area contributed by atoms with Crippen molar-refractivity contribution >= 4 is 22.6 Å². The van der Waals surface area contributed by atoms with E-state index in [0.717, 1.165) is 5.39 Å². The predicted octanol–water partition coefficient (Wildman–Crippen LogP) is 1.73. The molecular weight excluding hydrogens is 206 g/mol. The first-order valence-electron chi connectivity index (χ1n) is 4.70. The molecular formula is C11H11N3O2. The molecule has 82 valence electrons. The number of methoxy groups -OCH3 is 1. The summed E-state index contributed by atoms with van der Waals surface area (Å²) in [6, 6.07) is 6.60. The Labute approximate surface area is 92.2 Å². The Balaban J connectivity index is 2.63. The number of hydrogen-bond acceptors (Lipinski definition) is 3. The quantitative estimate of drug-likeness (QED) is 0.804. The van der Waals surface area contributed by atoms with Crippen LogP contribution in [0.25, 0.3) is 10.9 Å². The van der Waals surface area contributed by atoms with Gasteiger partial charge in [-0.2, -0.15) is 0 Å². The van der Waals surface area contributed by atoms with Crippen LogP contribution in [0.1, 0.15) is 0 Å². The standard InChI is InChI=1S/C11H11N3O2/c1-16-8-5-7-3-2-4-13-10(7)9(6-8)14-11(12)15/h2-6H,1H3,(H3,12,14,15). The van der Waals surface area contributed by atoms with Gasteiger partial charge in [0.25, 0.3) is 0 Å². The topological polar surface area (TPSA) is 77.2 Å². The van der Waals surface area contributed by atoms with E-state index in [1.807, 2.05) is 18.2 Å². The molecule has 2 rings (SSSR count). The molecule has 0 aliphatic rings. The summed E-state index contributed by atoms with van der Waals surface area (Å²) in [5, 5.41) is 3.40. The zero-order valence-electron chi connectivity index (χ0n) is 8.73. The normalized spacial score (nSPS) is 10.1. The molecule has 0 bridgehead atoms. The molecule has 0 saturated heterocycles. The average molecular weight is 217 g/mol. The number of ether oxygens (including phenoxy) is 1. The van der Waals surface area contributed by atoms with E-state index in [9.17, 15) is 4.79 Å². The van der Waals surface area contributed by atoms with Gasteiger partial charge in [0.15, 0.2) is 0 Å². The highest BCUT2D eigenvalue weighted by Gasteiger charge is 2.06. The summed E-state index contributed by atoms with van der Waals surface area (Å²) in [7, 11) is 1.56. The minimum Gasteiger partial charge on any atom is -0.497 e. The second kappa shape index (κ2) is 4.06. The number of rotatable bonds is 2. The van der Waals surface area contributed by atoms with Crippen LogP contribution in [0.5, 0.6) is 5.75 Å². The molecule has 5 nitrogen and oxygen atoms in total. The highest BCUT2D eigenvalue weighted by molar-refractivity contribution is 5.99. The maximum atomic E-state index is 10.9. The van der Waals surface area contributed by atoms with Gasteiger partial charge >= 0.3 is 6.03 Å². The monoisotopic (exact) mass is 217 g/mol. The van der Waals surface area contributed by atoms with Crippen LogP contribution >= 0.6 is 0 Å². The molecule has 1 aromatic heterocycles. The molecule has 0 fully saturated rings. The van der Waals surface area contributed by atoms with Crippen molar-refractivity contribution in [3.8, 4) is 5.75 Å². The molecule has 1 heterocycles. The van der Waals surface area contributed by atoms with Crippen molar-refractivity contribution in [1.29, 1.82) is 0 Å². The molecule has 5 heteroatoms. The fourth-order valence-electron chi connectivity index (χ4n) is 1.51. The summed E-state index contributed by atoms with van der Waals surface area (Å²) in [5.41, 5.74) is 6.31. The van der Waals surface area contributed by atoms with Crippen molar-refractivity contribution in [2.45, 2.75) is 0 Å². The molecule has 0 aliphatic carbocycles. The van der Waals surface area contributed by atoms with Crippen LogP contribution in [0.4, 0.5) is 10.5 Å². The first kappa shape index (κ1) is 10.2. The molecule has 16 heavy (non-hydrogen) atoms. The van der Waals surface area contributed by atoms with Crippen molar-refractivity contribution in [3.05, 3.63) is 30.5 Å². The molecule has 2 amide bonds. The van der Waals surface area contributed by atoms with Crippen molar-refractivity contribution in [3.63, 3.8) is 0 Å². The Bertz CT molecular complexity index is 540. The molecule has 0 radical (unpaired) electrons. The number of pyridine rings is 1. The van der Waals surface area contributed by atoms with Crippen LogP contribution in [0, 0.1) is 0 Å². The largest absolute Gasteiger partial charge is 0.497 e. The summed E-state index contributed by atoms with van der Waals surface area (Å²) < 4.78 is 5.12. The maximum Gasteiger partial charge on any atom is 0.316 e. The second-order valence-electron chi connectivity index (χ2n) is 3.24. The van der Waals surface area contributed by atoms with Crippen molar-refractivity contribution < 1.29 is 9.53 Å². The number of nitrogens with zero attached hydrogens (tertiary/aromatic N) is 1. The van der Waals surface area contributed by atoms with E-state index in [2.05, 4.69) is 10.3 Å². The summed E-state index contributed by atoms with van der Waals surface area (Å²) in [4.78, 5) is 15.0. The molecule has 0 aliphatic heterocycles. The van der Waals surface area contributed by atoms with Gasteiger partial charge in [-0.05, 0) is 12.1 Å². The van der Waals surface area contributed by atoms with Gasteiger partial charge in [0, 0.05) is 17.6 Å². The van der Waals surface area contributed by atoms with Gasteiger partial charge in [0.1, 0.15) is 5.75 Å². The van der Waals surface area contributed by atoms with E-state index in [-0.39, 0.29) is 0 Å². The molecule has 2 aromatic rings. The number of fused-ring (bicyclic) bond motifs is 1. The Hall–Kier alpha value is -2.30. The van der Waals surface area contributed by atoms with Crippen molar-refractivity contribution in [2.75, 3.05) is 12.4 Å². The fraction of sp³-hybridized carbons (Fsp3) is 0.0909. The lowest BCUT2D eigenvalue weighted by molar-refractivity contribution is 0.259. The number of primary amides is 1. The van der Waals surface area contributed by atoms with Crippen LogP contribution in [0.2, 0.25) is 0 Å². The SMILES string of the molecule is COc1cc(NC(N)=O)c2ncccc2c1. The van der Waals surface area contributed by atoms with Crippen LogP contribution in [-0.2, 0) is 0 Å². The van der Waals surface area contributed by atoms with Gasteiger partial charge in [-0.1, -0.05) is 6.07 Å². The number of nitrogens with two attached hydrogens (primary N) is 1.